The summed E-state index contributed by atoms with van der Waals surface area (Å²) in [7, 11) is 1.77. The van der Waals surface area contributed by atoms with Crippen molar-refractivity contribution in [3.05, 3.63) is 65.5 Å². The van der Waals surface area contributed by atoms with E-state index in [9.17, 15) is 14.7 Å². The molecular formula is C24H23N3O6. The second-order valence-corrected chi connectivity index (χ2v) is 7.76. The monoisotopic (exact) mass is 449 g/mol. The van der Waals surface area contributed by atoms with Gasteiger partial charge in [0.25, 0.3) is 5.91 Å². The highest BCUT2D eigenvalue weighted by molar-refractivity contribution is 6.04. The fourth-order valence-corrected chi connectivity index (χ4v) is 4.22. The minimum absolute atomic E-state index is 0.0325. The number of H-pyrrole nitrogens is 1. The first-order valence-corrected chi connectivity index (χ1v) is 10.6. The van der Waals surface area contributed by atoms with E-state index in [-0.39, 0.29) is 26.5 Å². The smallest absolute Gasteiger partial charge is 0.274 e. The van der Waals surface area contributed by atoms with Crippen molar-refractivity contribution in [2.75, 3.05) is 33.5 Å². The number of aromatic nitrogens is 1. The van der Waals surface area contributed by atoms with E-state index in [1.165, 1.54) is 4.90 Å². The second kappa shape index (κ2) is 8.51. The van der Waals surface area contributed by atoms with Crippen LogP contribution in [0.1, 0.15) is 17.4 Å². The molecule has 0 bridgehead atoms. The maximum absolute atomic E-state index is 13.6. The van der Waals surface area contributed by atoms with Crippen molar-refractivity contribution in [2.24, 2.45) is 0 Å². The Morgan fingerprint density at radius 3 is 2.88 bits per heavy atom. The molecule has 1 unspecified atom stereocenters. The number of hydrogen-bond acceptors (Lipinski definition) is 7. The fraction of sp³-hybridized carbons (Fsp3) is 0.250. The van der Waals surface area contributed by atoms with Gasteiger partial charge in [-0.25, -0.2) is 0 Å². The summed E-state index contributed by atoms with van der Waals surface area (Å²) in [5.74, 6) is 1.26. The third kappa shape index (κ3) is 3.56. The number of aromatic amines is 1. The quantitative estimate of drug-likeness (QED) is 0.533. The number of nitrogens with zero attached hydrogens (tertiary/aromatic N) is 2. The largest absolute Gasteiger partial charge is 0.463 e. The molecule has 3 aromatic rings. The zero-order valence-electron chi connectivity index (χ0n) is 18.0. The molecule has 33 heavy (non-hydrogen) atoms. The predicted octanol–water partition coefficient (Wildman–Crippen LogP) is 2.25. The molecule has 1 aromatic heterocycles. The number of benzene rings is 2. The highest BCUT2D eigenvalue weighted by atomic mass is 16.7. The van der Waals surface area contributed by atoms with Crippen molar-refractivity contribution in [1.82, 2.24) is 14.8 Å². The fourth-order valence-electron chi connectivity index (χ4n) is 4.22. The van der Waals surface area contributed by atoms with Crippen LogP contribution in [0.5, 0.6) is 11.5 Å². The molecule has 3 heterocycles. The van der Waals surface area contributed by atoms with Crippen molar-refractivity contribution in [3.63, 3.8) is 0 Å². The Morgan fingerprint density at radius 2 is 2.06 bits per heavy atom. The Labute approximate surface area is 189 Å². The molecule has 9 heteroatoms. The lowest BCUT2D eigenvalue weighted by atomic mass is 10.1. The van der Waals surface area contributed by atoms with Crippen molar-refractivity contribution in [1.29, 1.82) is 0 Å². The first kappa shape index (κ1) is 20.9. The lowest BCUT2D eigenvalue weighted by Gasteiger charge is -2.26. The number of hydrogen-bond donors (Lipinski definition) is 2. The molecule has 0 saturated carbocycles. The maximum Gasteiger partial charge on any atom is 0.274 e. The average Bonchev–Trinajstić information content (AvgIpc) is 3.54. The summed E-state index contributed by atoms with van der Waals surface area (Å²) in [4.78, 5) is 31.0. The molecule has 0 fully saturated rings. The van der Waals surface area contributed by atoms with Gasteiger partial charge in [-0.05, 0) is 24.3 Å². The normalized spacial score (nSPS) is 16.9. The number of rotatable bonds is 7. The van der Waals surface area contributed by atoms with Crippen LogP contribution >= 0.6 is 0 Å². The van der Waals surface area contributed by atoms with E-state index in [1.807, 2.05) is 42.5 Å². The van der Waals surface area contributed by atoms with Gasteiger partial charge in [0.15, 0.2) is 23.5 Å². The van der Waals surface area contributed by atoms with Crippen molar-refractivity contribution in [3.8, 4) is 11.5 Å². The zero-order valence-corrected chi connectivity index (χ0v) is 18.0. The Balaban J connectivity index is 1.60. The van der Waals surface area contributed by atoms with Crippen LogP contribution < -0.4 is 9.47 Å². The zero-order chi connectivity index (χ0) is 22.9. The Hall–Kier alpha value is -3.98. The first-order valence-electron chi connectivity index (χ1n) is 10.6. The first-order chi connectivity index (χ1) is 16.1. The van der Waals surface area contributed by atoms with Gasteiger partial charge in [0, 0.05) is 41.8 Å². The highest BCUT2D eigenvalue weighted by Gasteiger charge is 2.39. The number of aliphatic hydroxyl groups excluding tert-OH is 1. The number of carbonyl (C=O) groups excluding carboxylic acids is 2. The van der Waals surface area contributed by atoms with E-state index in [0.29, 0.717) is 29.2 Å². The summed E-state index contributed by atoms with van der Waals surface area (Å²) in [6, 6.07) is 13.2. The standard InChI is InChI=1S/C24H23N3O6/c1-26-21(23(30)27(8-10-28)9-11-29)22(17-13-25-18-5-3-2-4-16(17)18)33-24(26)15-6-7-19-20(12-15)32-14-31-19/h2-7,10,12-13,24-25,29H,8-9,11,14H2,1H3. The second-order valence-electron chi connectivity index (χ2n) is 7.76. The Bertz CT molecular complexity index is 1250. The third-order valence-electron chi connectivity index (χ3n) is 5.82. The third-order valence-corrected chi connectivity index (χ3v) is 5.82. The Morgan fingerprint density at radius 1 is 1.24 bits per heavy atom. The molecule has 2 aromatic carbocycles. The molecule has 1 atom stereocenters. The Kier molecular flexibility index (Phi) is 5.39. The number of fused-ring (bicyclic) bond motifs is 2. The number of aldehydes is 1. The summed E-state index contributed by atoms with van der Waals surface area (Å²) in [5.41, 5.74) is 2.73. The van der Waals surface area contributed by atoms with Gasteiger partial charge in [0.05, 0.1) is 13.2 Å². The average molecular weight is 449 g/mol. The number of ether oxygens (including phenoxy) is 3. The molecule has 170 valence electrons. The molecule has 0 saturated heterocycles. The lowest BCUT2D eigenvalue weighted by molar-refractivity contribution is -0.131. The van der Waals surface area contributed by atoms with Gasteiger partial charge in [-0.1, -0.05) is 18.2 Å². The van der Waals surface area contributed by atoms with E-state index in [2.05, 4.69) is 4.98 Å². The van der Waals surface area contributed by atoms with E-state index < -0.39 is 12.1 Å². The molecule has 5 rings (SSSR count). The highest BCUT2D eigenvalue weighted by Crippen LogP contribution is 2.44. The summed E-state index contributed by atoms with van der Waals surface area (Å²) >= 11 is 0. The topological polar surface area (TPSA) is 104 Å². The minimum atomic E-state index is -0.602. The van der Waals surface area contributed by atoms with Crippen LogP contribution in [0.4, 0.5) is 0 Å². The molecule has 1 amide bonds. The van der Waals surface area contributed by atoms with E-state index in [1.54, 1.807) is 18.1 Å². The molecule has 0 spiro atoms. The van der Waals surface area contributed by atoms with Crippen LogP contribution in [0, 0.1) is 0 Å². The van der Waals surface area contributed by atoms with Crippen molar-refractivity contribution < 1.29 is 28.9 Å². The number of likely N-dealkylation sites (N-methyl/N-ethyl adjacent to an activating group) is 1. The van der Waals surface area contributed by atoms with Crippen molar-refractivity contribution in [2.45, 2.75) is 6.23 Å². The molecule has 2 aliphatic heterocycles. The molecule has 2 N–H and O–H groups in total. The number of amides is 1. The minimum Gasteiger partial charge on any atom is -0.463 e. The van der Waals surface area contributed by atoms with Gasteiger partial charge >= 0.3 is 0 Å². The number of para-hydroxylation sites is 1. The van der Waals surface area contributed by atoms with Gasteiger partial charge < -0.3 is 38.9 Å². The van der Waals surface area contributed by atoms with Crippen LogP contribution in [0.25, 0.3) is 16.7 Å². The summed E-state index contributed by atoms with van der Waals surface area (Å²) in [5, 5.41) is 10.3. The van der Waals surface area contributed by atoms with Crippen LogP contribution in [0.15, 0.2) is 54.4 Å². The molecule has 9 nitrogen and oxygen atoms in total. The predicted molar refractivity (Wildman–Crippen MR) is 119 cm³/mol. The molecule has 2 aliphatic rings. The van der Waals surface area contributed by atoms with E-state index >= 15 is 0 Å². The van der Waals surface area contributed by atoms with Gasteiger partial charge in [0.2, 0.25) is 6.79 Å². The van der Waals surface area contributed by atoms with Gasteiger partial charge in [-0.3, -0.25) is 4.79 Å². The van der Waals surface area contributed by atoms with Crippen LogP contribution in [0.2, 0.25) is 0 Å². The maximum atomic E-state index is 13.6. The van der Waals surface area contributed by atoms with Gasteiger partial charge in [-0.2, -0.15) is 0 Å². The molecule has 0 aliphatic carbocycles. The number of nitrogens with one attached hydrogen (secondary N) is 1. The van der Waals surface area contributed by atoms with Crippen molar-refractivity contribution >= 4 is 28.9 Å². The number of carbonyl (C=O) groups is 2. The van der Waals surface area contributed by atoms with E-state index in [0.717, 1.165) is 22.0 Å². The van der Waals surface area contributed by atoms with Crippen LogP contribution in [0.3, 0.4) is 0 Å². The molecular weight excluding hydrogens is 426 g/mol. The van der Waals surface area contributed by atoms with Gasteiger partial charge in [-0.15, -0.1) is 0 Å². The van der Waals surface area contributed by atoms with Crippen LogP contribution in [-0.4, -0.2) is 65.6 Å². The van der Waals surface area contributed by atoms with E-state index in [4.69, 9.17) is 14.2 Å². The van der Waals surface area contributed by atoms with Gasteiger partial charge in [0.1, 0.15) is 12.0 Å². The lowest BCUT2D eigenvalue weighted by Crippen LogP contribution is -2.39. The number of aliphatic hydroxyl groups is 1. The summed E-state index contributed by atoms with van der Waals surface area (Å²) in [6.07, 6.45) is 1.85. The molecule has 0 radical (unpaired) electrons. The SMILES string of the molecule is CN1C(C(=O)N(CC=O)CCO)=C(c2c[nH]c3ccccc23)OC1c1ccc2c(c1)OCO2. The van der Waals surface area contributed by atoms with Crippen LogP contribution in [-0.2, 0) is 14.3 Å². The summed E-state index contributed by atoms with van der Waals surface area (Å²) < 4.78 is 17.3. The summed E-state index contributed by atoms with van der Waals surface area (Å²) in [6.45, 7) is -0.201.